The van der Waals surface area contributed by atoms with Crippen LogP contribution in [0.4, 0.5) is 18.9 Å². The predicted octanol–water partition coefficient (Wildman–Crippen LogP) is 5.72. The number of carbonyl (C=O) groups is 1. The molecule has 0 bridgehead atoms. The fraction of sp³-hybridized carbons (Fsp3) is 0.286. The van der Waals surface area contributed by atoms with Crippen molar-refractivity contribution in [1.82, 2.24) is 5.32 Å². The van der Waals surface area contributed by atoms with Crippen LogP contribution in [0.15, 0.2) is 53.5 Å². The van der Waals surface area contributed by atoms with E-state index in [1.54, 1.807) is 36.4 Å². The van der Waals surface area contributed by atoms with Gasteiger partial charge in [0.25, 0.3) is 5.91 Å². The minimum absolute atomic E-state index is 0.0476. The summed E-state index contributed by atoms with van der Waals surface area (Å²) in [5, 5.41) is 10.6. The lowest BCUT2D eigenvalue weighted by Gasteiger charge is -2.26. The molecule has 2 aromatic rings. The molecule has 0 radical (unpaired) electrons. The number of amides is 1. The lowest BCUT2D eigenvalue weighted by Crippen LogP contribution is -2.39. The second-order valence-electron chi connectivity index (χ2n) is 6.84. The molecule has 0 saturated heterocycles. The number of rotatable bonds is 6. The molecule has 0 spiro atoms. The Balaban J connectivity index is 1.88. The van der Waals surface area contributed by atoms with Crippen molar-refractivity contribution in [2.24, 2.45) is 4.99 Å². The molecule has 2 aromatic carbocycles. The number of para-hydroxylation sites is 1. The first kappa shape index (κ1) is 21.0. The van der Waals surface area contributed by atoms with Crippen molar-refractivity contribution < 1.29 is 18.0 Å². The zero-order chi connectivity index (χ0) is 21.0. The van der Waals surface area contributed by atoms with Gasteiger partial charge in [-0.3, -0.25) is 9.79 Å². The highest BCUT2D eigenvalue weighted by atomic mass is 35.5. The highest BCUT2D eigenvalue weighted by Gasteiger charge is 2.35. The second-order valence-corrected chi connectivity index (χ2v) is 7.25. The van der Waals surface area contributed by atoms with Crippen LogP contribution in [0.2, 0.25) is 5.02 Å². The Morgan fingerprint density at radius 1 is 1.10 bits per heavy atom. The summed E-state index contributed by atoms with van der Waals surface area (Å²) >= 11 is 6.08. The van der Waals surface area contributed by atoms with Crippen LogP contribution in [0.1, 0.15) is 41.6 Å². The molecular weight excluding hydrogens is 403 g/mol. The molecule has 0 atom stereocenters. The van der Waals surface area contributed by atoms with Gasteiger partial charge in [0.15, 0.2) is 0 Å². The molecule has 1 saturated carbocycles. The minimum atomic E-state index is -4.75. The summed E-state index contributed by atoms with van der Waals surface area (Å²) in [6.07, 6.45) is -2.45. The Kier molecular flexibility index (Phi) is 6.37. The first-order chi connectivity index (χ1) is 13.7. The van der Waals surface area contributed by atoms with Gasteiger partial charge >= 0.3 is 6.18 Å². The number of nitrogens with zero attached hydrogens (tertiary/aromatic N) is 1. The molecule has 4 nitrogen and oxygen atoms in total. The molecule has 2 N–H and O–H groups in total. The van der Waals surface area contributed by atoms with E-state index in [0.717, 1.165) is 19.3 Å². The summed E-state index contributed by atoms with van der Waals surface area (Å²) in [5.41, 5.74) is -0.241. The van der Waals surface area contributed by atoms with Gasteiger partial charge in [0.05, 0.1) is 16.4 Å². The molecule has 8 heteroatoms. The topological polar surface area (TPSA) is 65.3 Å². The lowest BCUT2D eigenvalue weighted by atomic mass is 9.93. The number of hydrogen-bond acceptors (Lipinski definition) is 3. The van der Waals surface area contributed by atoms with Crippen molar-refractivity contribution in [2.45, 2.75) is 37.9 Å². The zero-order valence-corrected chi connectivity index (χ0v) is 16.1. The second kappa shape index (κ2) is 8.78. The average molecular weight is 422 g/mol. The third kappa shape index (κ3) is 5.44. The van der Waals surface area contributed by atoms with Crippen molar-refractivity contribution in [1.29, 1.82) is 5.41 Å². The summed E-state index contributed by atoms with van der Waals surface area (Å²) < 4.78 is 38.7. The van der Waals surface area contributed by atoms with Crippen LogP contribution in [0.25, 0.3) is 0 Å². The fourth-order valence-corrected chi connectivity index (χ4v) is 2.97. The molecule has 1 aliphatic carbocycles. The van der Waals surface area contributed by atoms with Crippen molar-refractivity contribution in [3.8, 4) is 0 Å². The van der Waals surface area contributed by atoms with Gasteiger partial charge in [0, 0.05) is 18.0 Å². The highest BCUT2D eigenvalue weighted by molar-refractivity contribution is 6.33. The maximum atomic E-state index is 12.9. The number of alkyl halides is 3. The van der Waals surface area contributed by atoms with E-state index in [4.69, 9.17) is 17.0 Å². The van der Waals surface area contributed by atoms with Gasteiger partial charge in [-0.15, -0.1) is 0 Å². The van der Waals surface area contributed by atoms with E-state index in [9.17, 15) is 18.0 Å². The molecule has 1 aliphatic rings. The maximum absolute atomic E-state index is 12.9. The molecule has 1 amide bonds. The Hall–Kier alpha value is -2.67. The molecule has 0 heterocycles. The normalized spacial score (nSPS) is 15.0. The van der Waals surface area contributed by atoms with E-state index in [0.29, 0.717) is 21.8 Å². The molecular formula is C21H19ClF3N3O. The Bertz CT molecular complexity index is 935. The van der Waals surface area contributed by atoms with Crippen LogP contribution < -0.4 is 5.32 Å². The summed E-state index contributed by atoms with van der Waals surface area (Å²) in [5.74, 6) is -0.214. The van der Waals surface area contributed by atoms with Gasteiger partial charge < -0.3 is 10.7 Å². The van der Waals surface area contributed by atoms with Crippen LogP contribution in [0.5, 0.6) is 0 Å². The Morgan fingerprint density at radius 3 is 2.28 bits per heavy atom. The summed E-state index contributed by atoms with van der Waals surface area (Å²) in [6.45, 7) is 0. The number of aliphatic imine (C=N–C) groups is 1. The quantitative estimate of drug-likeness (QED) is 0.576. The number of halogens is 4. The van der Waals surface area contributed by atoms with E-state index in [1.165, 1.54) is 12.1 Å². The standard InChI is InChI=1S/C21H19ClF3N3O/c22-16-6-1-2-7-17(16)28-18(12-19(26)21(23,24)25)13-8-10-14(11-9-13)20(29)27-15-4-3-5-15/h1-2,6-11,15,26H,3-5,12H2,(H,27,29). The monoisotopic (exact) mass is 421 g/mol. The van der Waals surface area contributed by atoms with Crippen molar-refractivity contribution in [3.05, 3.63) is 64.7 Å². The third-order valence-electron chi connectivity index (χ3n) is 4.71. The smallest absolute Gasteiger partial charge is 0.349 e. The first-order valence-electron chi connectivity index (χ1n) is 9.12. The zero-order valence-electron chi connectivity index (χ0n) is 15.4. The number of carbonyl (C=O) groups excluding carboxylic acids is 1. The largest absolute Gasteiger partial charge is 0.429 e. The Labute approximate surface area is 171 Å². The van der Waals surface area contributed by atoms with Crippen molar-refractivity contribution in [3.63, 3.8) is 0 Å². The molecule has 29 heavy (non-hydrogen) atoms. The molecule has 152 valence electrons. The van der Waals surface area contributed by atoms with Crippen molar-refractivity contribution >= 4 is 34.6 Å². The number of benzene rings is 2. The Morgan fingerprint density at radius 2 is 1.72 bits per heavy atom. The highest BCUT2D eigenvalue weighted by Crippen LogP contribution is 2.27. The van der Waals surface area contributed by atoms with Gasteiger partial charge in [0.2, 0.25) is 0 Å². The number of hydrogen-bond donors (Lipinski definition) is 2. The first-order valence-corrected chi connectivity index (χ1v) is 9.50. The molecule has 1 fully saturated rings. The predicted molar refractivity (Wildman–Crippen MR) is 108 cm³/mol. The van der Waals surface area contributed by atoms with E-state index < -0.39 is 18.3 Å². The lowest BCUT2D eigenvalue weighted by molar-refractivity contribution is -0.0605. The van der Waals surface area contributed by atoms with Gasteiger partial charge in [-0.05, 0) is 49.1 Å². The van der Waals surface area contributed by atoms with Gasteiger partial charge in [-0.2, -0.15) is 13.2 Å². The van der Waals surface area contributed by atoms with Gasteiger partial charge in [0.1, 0.15) is 5.71 Å². The number of nitrogens with one attached hydrogen (secondary N) is 2. The van der Waals surface area contributed by atoms with E-state index >= 15 is 0 Å². The van der Waals surface area contributed by atoms with Gasteiger partial charge in [-0.1, -0.05) is 35.9 Å². The molecule has 0 unspecified atom stereocenters. The van der Waals surface area contributed by atoms with Crippen molar-refractivity contribution in [2.75, 3.05) is 0 Å². The third-order valence-corrected chi connectivity index (χ3v) is 5.03. The van der Waals surface area contributed by atoms with Crippen LogP contribution in [-0.2, 0) is 0 Å². The maximum Gasteiger partial charge on any atom is 0.429 e. The van der Waals surface area contributed by atoms with E-state index in [1.807, 2.05) is 0 Å². The summed E-state index contributed by atoms with van der Waals surface area (Å²) in [6, 6.07) is 12.9. The SMILES string of the molecule is N=C(CC(=Nc1ccccc1Cl)c1ccc(C(=O)NC2CCC2)cc1)C(F)(F)F. The van der Waals surface area contributed by atoms with Crippen LogP contribution in [0.3, 0.4) is 0 Å². The summed E-state index contributed by atoms with van der Waals surface area (Å²) in [7, 11) is 0. The fourth-order valence-electron chi connectivity index (χ4n) is 2.80. The molecule has 3 rings (SSSR count). The van der Waals surface area contributed by atoms with E-state index in [2.05, 4.69) is 10.3 Å². The summed E-state index contributed by atoms with van der Waals surface area (Å²) in [4.78, 5) is 16.5. The van der Waals surface area contributed by atoms with Crippen LogP contribution in [0, 0.1) is 5.41 Å². The van der Waals surface area contributed by atoms with Gasteiger partial charge in [-0.25, -0.2) is 0 Å². The molecule has 0 aliphatic heterocycles. The minimum Gasteiger partial charge on any atom is -0.349 e. The van der Waals surface area contributed by atoms with Crippen LogP contribution in [-0.4, -0.2) is 29.5 Å². The molecule has 0 aromatic heterocycles. The van der Waals surface area contributed by atoms with E-state index in [-0.39, 0.29) is 17.7 Å². The average Bonchev–Trinajstić information content (AvgIpc) is 2.65. The van der Waals surface area contributed by atoms with Crippen LogP contribution >= 0.6 is 11.6 Å².